The molecule has 12 heteroatoms. The first-order valence-electron chi connectivity index (χ1n) is 29.4. The van der Waals surface area contributed by atoms with Crippen molar-refractivity contribution < 1.29 is 52.2 Å². The second-order valence-corrected chi connectivity index (χ2v) is 20.5. The highest BCUT2D eigenvalue weighted by Crippen LogP contribution is 2.43. The Kier molecular flexibility index (Phi) is 54.0. The molecule has 0 aliphatic rings. The molecule has 0 radical (unpaired) electrons. The van der Waals surface area contributed by atoms with E-state index in [1.807, 2.05) is 12.2 Å². The van der Waals surface area contributed by atoms with E-state index in [-0.39, 0.29) is 19.3 Å². The third-order valence-electron chi connectivity index (χ3n) is 11.9. The first-order valence-corrected chi connectivity index (χ1v) is 30.9. The number of aliphatic hydroxyl groups is 1. The van der Waals surface area contributed by atoms with Crippen LogP contribution in [0.2, 0.25) is 0 Å². The van der Waals surface area contributed by atoms with Crippen molar-refractivity contribution in [3.63, 3.8) is 0 Å². The highest BCUT2D eigenvalue weighted by molar-refractivity contribution is 7.47. The van der Waals surface area contributed by atoms with Crippen molar-refractivity contribution in [2.45, 2.75) is 238 Å². The van der Waals surface area contributed by atoms with E-state index >= 15 is 0 Å². The third-order valence-corrected chi connectivity index (χ3v) is 12.8. The number of phosphoric acid groups is 1. The number of ether oxygens (including phenoxy) is 3. The molecule has 2 N–H and O–H groups in total. The van der Waals surface area contributed by atoms with Gasteiger partial charge in [0.1, 0.15) is 12.7 Å². The predicted octanol–water partition coefficient (Wildman–Crippen LogP) is 17.6. The lowest BCUT2D eigenvalue weighted by molar-refractivity contribution is -0.161. The van der Waals surface area contributed by atoms with Crippen molar-refractivity contribution >= 4 is 25.7 Å². The average Bonchev–Trinajstić information content (AvgIpc) is 3.41. The monoisotopic (exact) mass is 1080 g/mol. The SMILES string of the molecule is CC/C=C\C/C=C\C/C=C\C/C=C\C/C=C\CC(=O)OCC(COP(=O)(O)OCC(CO)OC(=O)CCCCCCCCC/C=C\C/C=C\CCCCC)OC(=O)CCCCCCCCC/C=C\C/C=C\C/C=C\CC. The quantitative estimate of drug-likeness (QED) is 0.0197. The molecule has 3 atom stereocenters. The van der Waals surface area contributed by atoms with Crippen LogP contribution in [0.3, 0.4) is 0 Å². The van der Waals surface area contributed by atoms with E-state index < -0.39 is 64.4 Å². The van der Waals surface area contributed by atoms with Gasteiger partial charge in [-0.05, 0) is 109 Å². The Morgan fingerprint density at radius 1 is 0.395 bits per heavy atom. The molecule has 0 saturated heterocycles. The number of carbonyl (C=O) groups excluding carboxylic acids is 3. The minimum Gasteiger partial charge on any atom is -0.461 e. The molecule has 0 saturated carbocycles. The van der Waals surface area contributed by atoms with Gasteiger partial charge in [-0.15, -0.1) is 0 Å². The van der Waals surface area contributed by atoms with Gasteiger partial charge in [-0.1, -0.05) is 219 Å². The summed E-state index contributed by atoms with van der Waals surface area (Å²) in [7, 11) is -4.78. The van der Waals surface area contributed by atoms with Gasteiger partial charge in [0.2, 0.25) is 0 Å². The van der Waals surface area contributed by atoms with Gasteiger partial charge in [-0.3, -0.25) is 23.4 Å². The van der Waals surface area contributed by atoms with Gasteiger partial charge in [0, 0.05) is 12.8 Å². The Labute approximate surface area is 462 Å². The summed E-state index contributed by atoms with van der Waals surface area (Å²) in [5.74, 6) is -1.65. The first-order chi connectivity index (χ1) is 37.2. The van der Waals surface area contributed by atoms with E-state index in [0.29, 0.717) is 19.3 Å². The van der Waals surface area contributed by atoms with Crippen LogP contribution in [0.1, 0.15) is 226 Å². The molecule has 0 amide bonds. The summed E-state index contributed by atoms with van der Waals surface area (Å²) in [5.41, 5.74) is 0. The van der Waals surface area contributed by atoms with Crippen molar-refractivity contribution in [1.29, 1.82) is 0 Å². The number of esters is 3. The number of phosphoric ester groups is 1. The number of hydrogen-bond donors (Lipinski definition) is 2. The minimum atomic E-state index is -4.78. The van der Waals surface area contributed by atoms with Crippen LogP contribution in [0.25, 0.3) is 0 Å². The molecule has 0 heterocycles. The van der Waals surface area contributed by atoms with E-state index in [1.54, 1.807) is 6.08 Å². The van der Waals surface area contributed by atoms with Gasteiger partial charge in [-0.2, -0.15) is 0 Å². The van der Waals surface area contributed by atoms with Crippen LogP contribution in [0.4, 0.5) is 0 Å². The lowest BCUT2D eigenvalue weighted by Gasteiger charge is -2.21. The zero-order chi connectivity index (χ0) is 55.5. The molecular formula is C64H105O11P. The van der Waals surface area contributed by atoms with Crippen molar-refractivity contribution in [1.82, 2.24) is 0 Å². The van der Waals surface area contributed by atoms with Crippen molar-refractivity contribution in [2.75, 3.05) is 26.4 Å². The lowest BCUT2D eigenvalue weighted by Crippen LogP contribution is -2.30. The molecule has 0 aromatic rings. The number of hydrogen-bond acceptors (Lipinski definition) is 10. The van der Waals surface area contributed by atoms with E-state index in [0.717, 1.165) is 128 Å². The summed E-state index contributed by atoms with van der Waals surface area (Å²) in [6.45, 7) is 4.26. The molecular weight excluding hydrogens is 976 g/mol. The van der Waals surface area contributed by atoms with Crippen molar-refractivity contribution in [2.24, 2.45) is 0 Å². The fourth-order valence-corrected chi connectivity index (χ4v) is 8.26. The van der Waals surface area contributed by atoms with Gasteiger partial charge in [0.15, 0.2) is 6.10 Å². The number of carbonyl (C=O) groups is 3. The molecule has 3 unspecified atom stereocenters. The number of aliphatic hydroxyl groups excluding tert-OH is 1. The van der Waals surface area contributed by atoms with E-state index in [9.17, 15) is 28.9 Å². The highest BCUT2D eigenvalue weighted by Gasteiger charge is 2.28. The maximum atomic E-state index is 12.9. The fraction of sp³-hybridized carbons (Fsp3) is 0.641. The maximum Gasteiger partial charge on any atom is 0.472 e. The largest absolute Gasteiger partial charge is 0.472 e. The smallest absolute Gasteiger partial charge is 0.461 e. The zero-order valence-corrected chi connectivity index (χ0v) is 48.6. The summed E-state index contributed by atoms with van der Waals surface area (Å²) in [6.07, 6.45) is 70.4. The van der Waals surface area contributed by atoms with Crippen molar-refractivity contribution in [3.8, 4) is 0 Å². The Morgan fingerprint density at radius 3 is 1.12 bits per heavy atom. The first kappa shape index (κ1) is 71.9. The molecule has 0 rings (SSSR count). The topological polar surface area (TPSA) is 155 Å². The van der Waals surface area contributed by atoms with E-state index in [4.69, 9.17) is 23.3 Å². The molecule has 0 aromatic carbocycles. The number of unbranched alkanes of at least 4 members (excludes halogenated alkanes) is 17. The van der Waals surface area contributed by atoms with Crippen LogP contribution in [0.5, 0.6) is 0 Å². The van der Waals surface area contributed by atoms with Crippen LogP contribution in [-0.2, 0) is 42.2 Å². The van der Waals surface area contributed by atoms with Gasteiger partial charge >= 0.3 is 25.7 Å². The Bertz CT molecular complexity index is 1740. The van der Waals surface area contributed by atoms with Gasteiger partial charge in [0.25, 0.3) is 0 Å². The molecule has 0 bridgehead atoms. The van der Waals surface area contributed by atoms with Crippen LogP contribution in [-0.4, -0.2) is 66.5 Å². The Hall–Kier alpha value is -4.12. The molecule has 432 valence electrons. The average molecular weight is 1080 g/mol. The summed E-state index contributed by atoms with van der Waals surface area (Å²) in [5, 5.41) is 9.83. The van der Waals surface area contributed by atoms with Crippen LogP contribution in [0, 0.1) is 0 Å². The van der Waals surface area contributed by atoms with Gasteiger partial charge in [-0.25, -0.2) is 4.57 Å². The van der Waals surface area contributed by atoms with Gasteiger partial charge < -0.3 is 24.2 Å². The second kappa shape index (κ2) is 57.1. The molecule has 0 aromatic heterocycles. The second-order valence-electron chi connectivity index (χ2n) is 19.1. The maximum absolute atomic E-state index is 12.9. The minimum absolute atomic E-state index is 0.0140. The van der Waals surface area contributed by atoms with Gasteiger partial charge in [0.05, 0.1) is 26.2 Å². The highest BCUT2D eigenvalue weighted by atomic mass is 31.2. The molecule has 11 nitrogen and oxygen atoms in total. The predicted molar refractivity (Wildman–Crippen MR) is 316 cm³/mol. The summed E-state index contributed by atoms with van der Waals surface area (Å²) in [4.78, 5) is 48.5. The Balaban J connectivity index is 4.83. The fourth-order valence-electron chi connectivity index (χ4n) is 7.47. The van der Waals surface area contributed by atoms with Crippen LogP contribution >= 0.6 is 7.82 Å². The number of allylic oxidation sites excluding steroid dienone is 19. The van der Waals surface area contributed by atoms with E-state index in [2.05, 4.69) is 124 Å². The molecule has 0 spiro atoms. The normalized spacial score (nSPS) is 14.2. The van der Waals surface area contributed by atoms with E-state index in [1.165, 1.54) is 38.5 Å². The van der Waals surface area contributed by atoms with Crippen molar-refractivity contribution in [3.05, 3.63) is 122 Å². The molecule has 0 aliphatic heterocycles. The number of rotatable bonds is 53. The third kappa shape index (κ3) is 54.7. The summed E-state index contributed by atoms with van der Waals surface area (Å²) >= 11 is 0. The molecule has 0 aliphatic carbocycles. The lowest BCUT2D eigenvalue weighted by atomic mass is 10.1. The van der Waals surface area contributed by atoms with Crippen LogP contribution in [0.15, 0.2) is 122 Å². The summed E-state index contributed by atoms with van der Waals surface area (Å²) in [6, 6.07) is 0. The molecule has 0 fully saturated rings. The summed E-state index contributed by atoms with van der Waals surface area (Å²) < 4.78 is 39.4. The molecule has 76 heavy (non-hydrogen) atoms. The standard InChI is InChI=1S/C64H105O11P/c1-4-7-10-13-16-19-22-25-28-30-33-36-39-42-45-48-51-54-63(67)74-60(56-65)58-72-76(69,70)73-59-61(57-71-62(66)53-50-47-44-41-38-35-32-27-24-21-18-15-12-9-6-3)75-64(68)55-52-49-46-43-40-37-34-31-29-26-23-20-17-14-11-8-5-2/h8-9,11-12,16-21,25-29,32,38,41,47,50,60-61,65H,4-7,10,13-15,22-24,30-31,33-37,39-40,42-46,48-49,51-59H2,1-3H3,(H,69,70)/b11-8-,12-9-,19-16-,20-17-,21-18-,28-25-,29-26-,32-27-,41-38-,50-47-. The van der Waals surface area contributed by atoms with Crippen LogP contribution < -0.4 is 0 Å². The zero-order valence-electron chi connectivity index (χ0n) is 47.7. The Morgan fingerprint density at radius 2 is 0.724 bits per heavy atom.